The Morgan fingerprint density at radius 2 is 1.66 bits per heavy atom. The normalized spacial score (nSPS) is 17.6. The van der Waals surface area contributed by atoms with Crippen LogP contribution in [0, 0.1) is 0 Å². The van der Waals surface area contributed by atoms with Crippen molar-refractivity contribution in [2.75, 3.05) is 40.4 Å². The van der Waals surface area contributed by atoms with Crippen LogP contribution in [-0.4, -0.2) is 40.4 Å². The number of nitrogens with one attached hydrogen (secondary N) is 1. The lowest BCUT2D eigenvalue weighted by atomic mass is 9.99. The molecule has 158 valence electrons. The van der Waals surface area contributed by atoms with Crippen LogP contribution in [0.1, 0.15) is 24.1 Å². The Kier molecular flexibility index (Phi) is 6.31. The van der Waals surface area contributed by atoms with Gasteiger partial charge in [0.25, 0.3) is 0 Å². The molecule has 4 nitrogen and oxygen atoms in total. The van der Waals surface area contributed by atoms with Crippen LogP contribution in [0.2, 0.25) is 5.02 Å². The van der Waals surface area contributed by atoms with Gasteiger partial charge >= 0.3 is 6.18 Å². The van der Waals surface area contributed by atoms with Gasteiger partial charge in [-0.2, -0.15) is 13.2 Å². The Bertz CT molecular complexity index is 867. The minimum absolute atomic E-state index is 0.0980. The Labute approximate surface area is 173 Å². The van der Waals surface area contributed by atoms with E-state index in [2.05, 4.69) is 5.32 Å². The summed E-state index contributed by atoms with van der Waals surface area (Å²) in [5, 5.41) is 3.02. The van der Waals surface area contributed by atoms with E-state index < -0.39 is 11.7 Å². The molecule has 1 aliphatic rings. The van der Waals surface area contributed by atoms with Crippen molar-refractivity contribution < 1.29 is 22.6 Å². The topological polar surface area (TPSA) is 30.5 Å². The fourth-order valence-corrected chi connectivity index (χ4v) is 4.29. The maximum atomic E-state index is 13.5. The molecule has 0 radical (unpaired) electrons. The molecule has 0 saturated carbocycles. The van der Waals surface area contributed by atoms with Gasteiger partial charge in [-0.3, -0.25) is 4.48 Å². The first-order valence-corrected chi connectivity index (χ1v) is 9.77. The number of benzene rings is 2. The first-order valence-electron chi connectivity index (χ1n) is 9.39. The highest BCUT2D eigenvalue weighted by Crippen LogP contribution is 2.43. The molecular formula is C21H25ClF3N2O2+. The molecule has 1 aliphatic heterocycles. The Hall–Kier alpha value is -1.96. The van der Waals surface area contributed by atoms with Crippen LogP contribution in [0.15, 0.2) is 36.4 Å². The van der Waals surface area contributed by atoms with Crippen molar-refractivity contribution in [2.45, 2.75) is 19.1 Å². The predicted molar refractivity (Wildman–Crippen MR) is 109 cm³/mol. The van der Waals surface area contributed by atoms with Gasteiger partial charge in [-0.25, -0.2) is 0 Å². The Morgan fingerprint density at radius 1 is 1.00 bits per heavy atom. The van der Waals surface area contributed by atoms with Gasteiger partial charge in [-0.15, -0.1) is 0 Å². The number of hydrogen-bond acceptors (Lipinski definition) is 3. The SMILES string of the molecule is COc1ccc([C@@H](C)[N+]2(c3ccc(Cl)c(C(F)(F)F)c3)CCNCC2)cc1OC. The van der Waals surface area contributed by atoms with Crippen molar-refractivity contribution in [2.24, 2.45) is 0 Å². The lowest BCUT2D eigenvalue weighted by Gasteiger charge is -2.46. The van der Waals surface area contributed by atoms with Crippen LogP contribution < -0.4 is 19.3 Å². The van der Waals surface area contributed by atoms with Gasteiger partial charge in [0.1, 0.15) is 11.7 Å². The summed E-state index contributed by atoms with van der Waals surface area (Å²) >= 11 is 5.87. The van der Waals surface area contributed by atoms with E-state index in [1.54, 1.807) is 20.3 Å². The molecule has 8 heteroatoms. The fraction of sp³-hybridized carbons (Fsp3) is 0.429. The van der Waals surface area contributed by atoms with Gasteiger partial charge in [0.2, 0.25) is 0 Å². The third-order valence-electron chi connectivity index (χ3n) is 5.78. The number of piperazine rings is 1. The minimum atomic E-state index is -4.50. The second kappa shape index (κ2) is 8.42. The number of ether oxygens (including phenoxy) is 2. The van der Waals surface area contributed by atoms with E-state index in [0.29, 0.717) is 47.8 Å². The standard InChI is InChI=1S/C21H25ClF3N2O2/c1-14(15-4-7-19(28-2)20(12-15)29-3)27(10-8-26-9-11-27)16-5-6-18(22)17(13-16)21(23,24)25/h4-7,12-14,26H,8-11H2,1-3H3/q+1/t14-/m1/s1. The molecule has 0 aromatic heterocycles. The van der Waals surface area contributed by atoms with Gasteiger partial charge in [0.15, 0.2) is 11.5 Å². The lowest BCUT2D eigenvalue weighted by molar-refractivity contribution is -0.137. The summed E-state index contributed by atoms with van der Waals surface area (Å²) in [6, 6.07) is 9.82. The first kappa shape index (κ1) is 21.7. The maximum Gasteiger partial charge on any atom is 0.418 e. The molecule has 29 heavy (non-hydrogen) atoms. The first-order chi connectivity index (χ1) is 13.7. The zero-order valence-corrected chi connectivity index (χ0v) is 17.4. The molecule has 1 saturated heterocycles. The molecule has 1 heterocycles. The van der Waals surface area contributed by atoms with E-state index in [1.807, 2.05) is 25.1 Å². The quantitative estimate of drug-likeness (QED) is 0.675. The summed E-state index contributed by atoms with van der Waals surface area (Å²) < 4.78 is 51.6. The summed E-state index contributed by atoms with van der Waals surface area (Å²) in [5.41, 5.74) is 0.769. The molecule has 2 aromatic rings. The molecular weight excluding hydrogens is 405 g/mol. The Balaban J connectivity index is 2.11. The molecule has 1 atom stereocenters. The monoisotopic (exact) mass is 429 g/mol. The van der Waals surface area contributed by atoms with E-state index in [1.165, 1.54) is 12.1 Å². The summed E-state index contributed by atoms with van der Waals surface area (Å²) in [6.45, 7) is 4.78. The van der Waals surface area contributed by atoms with E-state index >= 15 is 0 Å². The summed E-state index contributed by atoms with van der Waals surface area (Å²) in [4.78, 5) is 0. The average Bonchev–Trinajstić information content (AvgIpc) is 2.72. The second-order valence-corrected chi connectivity index (χ2v) is 7.59. The average molecular weight is 430 g/mol. The number of nitrogens with zero attached hydrogens (tertiary/aromatic N) is 1. The molecule has 0 bridgehead atoms. The van der Waals surface area contributed by atoms with Crippen molar-refractivity contribution in [1.29, 1.82) is 0 Å². The second-order valence-electron chi connectivity index (χ2n) is 7.18. The van der Waals surface area contributed by atoms with Crippen molar-refractivity contribution in [3.63, 3.8) is 0 Å². The summed E-state index contributed by atoms with van der Waals surface area (Å²) in [6.07, 6.45) is -4.50. The number of alkyl halides is 3. The van der Waals surface area contributed by atoms with Crippen LogP contribution in [0.4, 0.5) is 18.9 Å². The van der Waals surface area contributed by atoms with Gasteiger partial charge in [-0.1, -0.05) is 11.6 Å². The number of halogens is 4. The largest absolute Gasteiger partial charge is 0.493 e. The van der Waals surface area contributed by atoms with E-state index in [0.717, 1.165) is 5.56 Å². The number of quaternary nitrogens is 1. The van der Waals surface area contributed by atoms with Crippen LogP contribution >= 0.6 is 11.6 Å². The van der Waals surface area contributed by atoms with Crippen molar-refractivity contribution >= 4 is 17.3 Å². The van der Waals surface area contributed by atoms with Gasteiger partial charge in [0.05, 0.1) is 37.9 Å². The molecule has 3 rings (SSSR count). The van der Waals surface area contributed by atoms with Gasteiger partial charge in [-0.05, 0) is 31.2 Å². The highest BCUT2D eigenvalue weighted by atomic mass is 35.5. The summed E-state index contributed by atoms with van der Waals surface area (Å²) in [7, 11) is 3.13. The van der Waals surface area contributed by atoms with Crippen molar-refractivity contribution in [1.82, 2.24) is 9.80 Å². The highest BCUT2D eigenvalue weighted by molar-refractivity contribution is 6.31. The van der Waals surface area contributed by atoms with Crippen molar-refractivity contribution in [3.05, 3.63) is 52.5 Å². The molecule has 0 aliphatic carbocycles. The molecule has 2 aromatic carbocycles. The number of rotatable bonds is 5. The van der Waals surface area contributed by atoms with Gasteiger partial charge in [0, 0.05) is 30.8 Å². The number of hydrogen-bond donors (Lipinski definition) is 1. The summed E-state index contributed by atoms with van der Waals surface area (Å²) in [5.74, 6) is 1.21. The van der Waals surface area contributed by atoms with E-state index in [4.69, 9.17) is 21.1 Å². The highest BCUT2D eigenvalue weighted by Gasteiger charge is 2.42. The smallest absolute Gasteiger partial charge is 0.418 e. The molecule has 0 spiro atoms. The Morgan fingerprint density at radius 3 is 2.24 bits per heavy atom. The van der Waals surface area contributed by atoms with Crippen LogP contribution in [0.3, 0.4) is 0 Å². The van der Waals surface area contributed by atoms with Crippen molar-refractivity contribution in [3.8, 4) is 11.5 Å². The lowest BCUT2D eigenvalue weighted by Crippen LogP contribution is -2.61. The predicted octanol–water partition coefficient (Wildman–Crippen LogP) is 5.05. The van der Waals surface area contributed by atoms with Crippen LogP contribution in [0.5, 0.6) is 11.5 Å². The number of methoxy groups -OCH3 is 2. The third-order valence-corrected chi connectivity index (χ3v) is 6.11. The molecule has 0 amide bonds. The minimum Gasteiger partial charge on any atom is -0.493 e. The zero-order chi connectivity index (χ0) is 21.2. The molecule has 0 unspecified atom stereocenters. The molecule has 1 fully saturated rings. The van der Waals surface area contributed by atoms with Crippen LogP contribution in [-0.2, 0) is 6.18 Å². The van der Waals surface area contributed by atoms with Gasteiger partial charge < -0.3 is 14.8 Å². The third kappa shape index (κ3) is 4.17. The zero-order valence-electron chi connectivity index (χ0n) is 16.6. The van der Waals surface area contributed by atoms with E-state index in [-0.39, 0.29) is 11.1 Å². The fourth-order valence-electron chi connectivity index (χ4n) is 4.07. The van der Waals surface area contributed by atoms with E-state index in [9.17, 15) is 13.2 Å². The maximum absolute atomic E-state index is 13.5. The van der Waals surface area contributed by atoms with Crippen LogP contribution in [0.25, 0.3) is 0 Å². The molecule has 1 N–H and O–H groups in total.